The number of primary sulfonamides is 1. The lowest BCUT2D eigenvalue weighted by molar-refractivity contribution is 0.263. The number of aromatic nitrogens is 1. The van der Waals surface area contributed by atoms with Crippen molar-refractivity contribution in [1.82, 2.24) is 4.98 Å². The summed E-state index contributed by atoms with van der Waals surface area (Å²) in [7, 11) is -3.80. The minimum atomic E-state index is -3.80. The molecule has 0 atom stereocenters. The second-order valence-electron chi connectivity index (χ2n) is 6.47. The number of rotatable bonds is 6. The molecule has 0 radical (unpaired) electrons. The second-order valence-corrected chi connectivity index (χ2v) is 8.03. The molecular weight excluding hydrogens is 407 g/mol. The highest BCUT2D eigenvalue weighted by atomic mass is 32.2. The van der Waals surface area contributed by atoms with Crippen LogP contribution in [-0.2, 0) is 16.6 Å². The Morgan fingerprint density at radius 2 is 1.67 bits per heavy atom. The predicted octanol–water partition coefficient (Wildman–Crippen LogP) is 4.37. The van der Waals surface area contributed by atoms with Gasteiger partial charge in [-0.1, -0.05) is 48.5 Å². The van der Waals surface area contributed by atoms with E-state index in [1.165, 1.54) is 24.3 Å². The van der Waals surface area contributed by atoms with Gasteiger partial charge in [-0.3, -0.25) is 0 Å². The van der Waals surface area contributed by atoms with Gasteiger partial charge in [-0.05, 0) is 24.3 Å². The summed E-state index contributed by atoms with van der Waals surface area (Å²) in [5, 5.41) is 5.17. The van der Waals surface area contributed by atoms with Gasteiger partial charge in [0.15, 0.2) is 12.4 Å². The zero-order valence-electron chi connectivity index (χ0n) is 15.7. The van der Waals surface area contributed by atoms with Gasteiger partial charge in [0.2, 0.25) is 15.9 Å². The predicted molar refractivity (Wildman–Crippen MR) is 109 cm³/mol. The Balaban J connectivity index is 1.69. The Bertz CT molecular complexity index is 1270. The first-order valence-corrected chi connectivity index (χ1v) is 10.5. The summed E-state index contributed by atoms with van der Waals surface area (Å²) >= 11 is 0. The number of halogens is 1. The lowest BCUT2D eigenvalue weighted by Gasteiger charge is -2.03. The fourth-order valence-electron chi connectivity index (χ4n) is 2.91. The van der Waals surface area contributed by atoms with E-state index in [-0.39, 0.29) is 11.5 Å². The van der Waals surface area contributed by atoms with Crippen molar-refractivity contribution in [3.8, 4) is 28.3 Å². The third kappa shape index (κ3) is 4.40. The third-order valence-corrected chi connectivity index (χ3v) is 5.25. The van der Waals surface area contributed by atoms with E-state index in [1.807, 2.05) is 30.3 Å². The molecule has 0 amide bonds. The average Bonchev–Trinajstić information content (AvgIpc) is 3.17. The molecular formula is C22H17FN2O4S. The van der Waals surface area contributed by atoms with Crippen LogP contribution in [0.4, 0.5) is 4.39 Å². The SMILES string of the molecule is NS(=O)(=O)c1ccc(-c2nc(COc3cccc(F)c3)oc2-c2ccccc2)cc1. The summed E-state index contributed by atoms with van der Waals surface area (Å²) in [4.78, 5) is 4.53. The first-order valence-electron chi connectivity index (χ1n) is 8.97. The maximum Gasteiger partial charge on any atom is 0.238 e. The standard InChI is InChI=1S/C22H17FN2O4S/c23-17-7-4-8-18(13-17)28-14-20-25-21(22(29-20)16-5-2-1-3-6-16)15-9-11-19(12-10-15)30(24,26)27/h1-13H,14H2,(H2,24,26,27). The van der Waals surface area contributed by atoms with E-state index in [0.717, 1.165) is 5.56 Å². The van der Waals surface area contributed by atoms with Crippen molar-refractivity contribution >= 4 is 10.0 Å². The van der Waals surface area contributed by atoms with Gasteiger partial charge in [0, 0.05) is 17.2 Å². The van der Waals surface area contributed by atoms with Crippen molar-refractivity contribution in [2.75, 3.05) is 0 Å². The van der Waals surface area contributed by atoms with Gasteiger partial charge in [-0.25, -0.2) is 22.9 Å². The number of benzene rings is 3. The van der Waals surface area contributed by atoms with Gasteiger partial charge in [-0.2, -0.15) is 0 Å². The molecule has 4 rings (SSSR count). The van der Waals surface area contributed by atoms with Crippen LogP contribution in [0.15, 0.2) is 88.2 Å². The zero-order chi connectivity index (χ0) is 21.1. The molecule has 0 bridgehead atoms. The fourth-order valence-corrected chi connectivity index (χ4v) is 3.43. The molecule has 0 spiro atoms. The van der Waals surface area contributed by atoms with Crippen molar-refractivity contribution in [2.45, 2.75) is 11.5 Å². The minimum absolute atomic E-state index is 0.00144. The Morgan fingerprint density at radius 1 is 0.933 bits per heavy atom. The topological polar surface area (TPSA) is 95.4 Å². The molecule has 1 aromatic heterocycles. The molecule has 0 aliphatic heterocycles. The van der Waals surface area contributed by atoms with Crippen molar-refractivity contribution in [3.63, 3.8) is 0 Å². The number of oxazole rings is 1. The molecule has 0 fully saturated rings. The van der Waals surface area contributed by atoms with Crippen LogP contribution in [0.3, 0.4) is 0 Å². The molecule has 0 aliphatic rings. The van der Waals surface area contributed by atoms with Gasteiger partial charge in [-0.15, -0.1) is 0 Å². The Kier molecular flexibility index (Phi) is 5.35. The first kappa shape index (κ1) is 19.8. The summed E-state index contributed by atoms with van der Waals surface area (Å²) in [6, 6.07) is 21.2. The molecule has 8 heteroatoms. The molecule has 0 saturated carbocycles. The lowest BCUT2D eigenvalue weighted by Crippen LogP contribution is -2.11. The van der Waals surface area contributed by atoms with Crippen molar-refractivity contribution < 1.29 is 22.0 Å². The van der Waals surface area contributed by atoms with Crippen LogP contribution >= 0.6 is 0 Å². The summed E-state index contributed by atoms with van der Waals surface area (Å²) in [6.07, 6.45) is 0. The molecule has 0 aliphatic carbocycles. The number of nitrogens with two attached hydrogens (primary N) is 1. The van der Waals surface area contributed by atoms with Crippen LogP contribution in [0.5, 0.6) is 5.75 Å². The molecule has 0 saturated heterocycles. The highest BCUT2D eigenvalue weighted by Gasteiger charge is 2.18. The Morgan fingerprint density at radius 3 is 2.33 bits per heavy atom. The highest BCUT2D eigenvalue weighted by molar-refractivity contribution is 7.89. The van der Waals surface area contributed by atoms with E-state index in [4.69, 9.17) is 14.3 Å². The van der Waals surface area contributed by atoms with Gasteiger partial charge in [0.25, 0.3) is 0 Å². The van der Waals surface area contributed by atoms with Crippen LogP contribution in [0.2, 0.25) is 0 Å². The third-order valence-electron chi connectivity index (χ3n) is 4.32. The van der Waals surface area contributed by atoms with Crippen LogP contribution in [0, 0.1) is 5.82 Å². The Hall–Kier alpha value is -3.49. The summed E-state index contributed by atoms with van der Waals surface area (Å²) in [6.45, 7) is -0.00144. The number of sulfonamides is 1. The zero-order valence-corrected chi connectivity index (χ0v) is 16.5. The molecule has 3 aromatic carbocycles. The normalized spacial score (nSPS) is 11.4. The number of ether oxygens (including phenoxy) is 1. The molecule has 6 nitrogen and oxygen atoms in total. The van der Waals surface area contributed by atoms with Gasteiger partial charge >= 0.3 is 0 Å². The molecule has 1 heterocycles. The largest absolute Gasteiger partial charge is 0.484 e. The monoisotopic (exact) mass is 424 g/mol. The van der Waals surface area contributed by atoms with Gasteiger partial charge in [0.1, 0.15) is 17.3 Å². The first-order chi connectivity index (χ1) is 14.4. The van der Waals surface area contributed by atoms with Crippen molar-refractivity contribution in [1.29, 1.82) is 0 Å². The highest BCUT2D eigenvalue weighted by Crippen LogP contribution is 2.33. The molecule has 30 heavy (non-hydrogen) atoms. The minimum Gasteiger partial charge on any atom is -0.484 e. The van der Waals surface area contributed by atoms with E-state index in [2.05, 4.69) is 4.98 Å². The second kappa shape index (κ2) is 8.10. The fraction of sp³-hybridized carbons (Fsp3) is 0.0455. The molecule has 2 N–H and O–H groups in total. The van der Waals surface area contributed by atoms with Crippen LogP contribution in [0.1, 0.15) is 5.89 Å². The van der Waals surface area contributed by atoms with Gasteiger partial charge in [0.05, 0.1) is 4.90 Å². The van der Waals surface area contributed by atoms with E-state index >= 15 is 0 Å². The van der Waals surface area contributed by atoms with Crippen molar-refractivity contribution in [3.05, 3.63) is 90.6 Å². The lowest BCUT2D eigenvalue weighted by atomic mass is 10.1. The molecule has 0 unspecified atom stereocenters. The number of hydrogen-bond acceptors (Lipinski definition) is 5. The average molecular weight is 424 g/mol. The van der Waals surface area contributed by atoms with E-state index in [0.29, 0.717) is 28.7 Å². The molecule has 4 aromatic rings. The maximum atomic E-state index is 13.3. The van der Waals surface area contributed by atoms with E-state index in [9.17, 15) is 12.8 Å². The van der Waals surface area contributed by atoms with E-state index < -0.39 is 15.8 Å². The summed E-state index contributed by atoms with van der Waals surface area (Å²) in [5.74, 6) is 0.759. The number of hydrogen-bond donors (Lipinski definition) is 1. The molecule has 152 valence electrons. The van der Waals surface area contributed by atoms with Crippen LogP contribution < -0.4 is 9.88 Å². The van der Waals surface area contributed by atoms with Crippen LogP contribution in [-0.4, -0.2) is 13.4 Å². The number of nitrogens with zero attached hydrogens (tertiary/aromatic N) is 1. The summed E-state index contributed by atoms with van der Waals surface area (Å²) < 4.78 is 47.9. The smallest absolute Gasteiger partial charge is 0.238 e. The van der Waals surface area contributed by atoms with Gasteiger partial charge < -0.3 is 9.15 Å². The van der Waals surface area contributed by atoms with Crippen molar-refractivity contribution in [2.24, 2.45) is 5.14 Å². The summed E-state index contributed by atoms with van der Waals surface area (Å²) in [5.41, 5.74) is 1.98. The maximum absolute atomic E-state index is 13.3. The van der Waals surface area contributed by atoms with Crippen LogP contribution in [0.25, 0.3) is 22.6 Å². The van der Waals surface area contributed by atoms with E-state index in [1.54, 1.807) is 24.3 Å². The Labute approximate surface area is 172 Å². The quantitative estimate of drug-likeness (QED) is 0.496.